The van der Waals surface area contributed by atoms with Gasteiger partial charge in [0.25, 0.3) is 0 Å². The summed E-state index contributed by atoms with van der Waals surface area (Å²) >= 11 is 0. The van der Waals surface area contributed by atoms with Crippen LogP contribution in [0.25, 0.3) is 0 Å². The number of hydrogen-bond acceptors (Lipinski definition) is 7. The van der Waals surface area contributed by atoms with Gasteiger partial charge in [-0.15, -0.1) is 0 Å². The lowest BCUT2D eigenvalue weighted by Crippen LogP contribution is -2.48. The summed E-state index contributed by atoms with van der Waals surface area (Å²) < 4.78 is 17.1. The van der Waals surface area contributed by atoms with E-state index in [0.717, 1.165) is 0 Å². The molecule has 4 rings (SSSR count). The van der Waals surface area contributed by atoms with Crippen LogP contribution in [-0.4, -0.2) is 57.8 Å². The maximum absolute atomic E-state index is 12.5. The Morgan fingerprint density at radius 3 is 2.70 bits per heavy atom. The van der Waals surface area contributed by atoms with Crippen LogP contribution in [0.4, 0.5) is 0 Å². The Labute approximate surface area is 158 Å². The second-order valence-electron chi connectivity index (χ2n) is 9.03. The number of epoxide rings is 1. The van der Waals surface area contributed by atoms with E-state index in [1.54, 1.807) is 13.8 Å². The van der Waals surface area contributed by atoms with E-state index in [9.17, 15) is 19.8 Å². The predicted octanol–water partition coefficient (Wildman–Crippen LogP) is 0.961. The maximum atomic E-state index is 12.5. The summed E-state index contributed by atoms with van der Waals surface area (Å²) in [7, 11) is 0. The summed E-state index contributed by atoms with van der Waals surface area (Å²) in [5.41, 5.74) is -1.72. The van der Waals surface area contributed by atoms with E-state index in [0.29, 0.717) is 6.42 Å². The van der Waals surface area contributed by atoms with Gasteiger partial charge in [0, 0.05) is 23.8 Å². The van der Waals surface area contributed by atoms with Gasteiger partial charge in [0.1, 0.15) is 23.9 Å². The van der Waals surface area contributed by atoms with E-state index in [-0.39, 0.29) is 30.0 Å². The summed E-state index contributed by atoms with van der Waals surface area (Å²) in [6.07, 6.45) is -1.91. The Hall–Kier alpha value is -1.44. The normalized spacial score (nSPS) is 51.6. The first-order valence-corrected chi connectivity index (χ1v) is 9.71. The molecule has 10 atom stereocenters. The molecule has 2 aliphatic heterocycles. The van der Waals surface area contributed by atoms with Crippen LogP contribution in [0, 0.1) is 23.7 Å². The van der Waals surface area contributed by atoms with Crippen molar-refractivity contribution < 1.29 is 34.0 Å². The van der Waals surface area contributed by atoms with E-state index in [4.69, 9.17) is 14.2 Å². The Morgan fingerprint density at radius 1 is 1.41 bits per heavy atom. The van der Waals surface area contributed by atoms with Crippen LogP contribution in [-0.2, 0) is 23.8 Å². The van der Waals surface area contributed by atoms with E-state index in [2.05, 4.69) is 6.58 Å². The molecule has 2 N–H and O–H groups in total. The number of carbonyl (C=O) groups excluding carboxylic acids is 2. The van der Waals surface area contributed by atoms with Crippen LogP contribution in [0.3, 0.4) is 0 Å². The minimum atomic E-state index is -1.30. The third-order valence-electron chi connectivity index (χ3n) is 7.25. The fourth-order valence-corrected chi connectivity index (χ4v) is 5.52. The number of fused-ring (bicyclic) bond motifs is 5. The molecule has 0 spiro atoms. The predicted molar refractivity (Wildman–Crippen MR) is 93.4 cm³/mol. The summed E-state index contributed by atoms with van der Waals surface area (Å²) in [6.45, 7) is 11.1. The fourth-order valence-electron chi connectivity index (χ4n) is 5.52. The van der Waals surface area contributed by atoms with Crippen LogP contribution in [0.15, 0.2) is 12.2 Å². The van der Waals surface area contributed by atoms with E-state index < -0.39 is 53.2 Å². The zero-order valence-electron chi connectivity index (χ0n) is 16.2. The van der Waals surface area contributed by atoms with Gasteiger partial charge in [-0.1, -0.05) is 20.4 Å². The highest BCUT2D eigenvalue weighted by Crippen LogP contribution is 2.64. The molecule has 7 heteroatoms. The highest BCUT2D eigenvalue weighted by atomic mass is 16.6. The molecule has 2 heterocycles. The molecule has 0 amide bonds. The van der Waals surface area contributed by atoms with Crippen LogP contribution < -0.4 is 0 Å². The van der Waals surface area contributed by atoms with Gasteiger partial charge < -0.3 is 24.4 Å². The van der Waals surface area contributed by atoms with E-state index >= 15 is 0 Å². The van der Waals surface area contributed by atoms with Crippen molar-refractivity contribution in [2.45, 2.75) is 76.2 Å². The van der Waals surface area contributed by atoms with Crippen molar-refractivity contribution in [3.8, 4) is 0 Å². The highest BCUT2D eigenvalue weighted by Gasteiger charge is 2.78. The first-order chi connectivity index (χ1) is 12.5. The van der Waals surface area contributed by atoms with Crippen LogP contribution in [0.5, 0.6) is 0 Å². The van der Waals surface area contributed by atoms with Gasteiger partial charge >= 0.3 is 11.9 Å². The van der Waals surface area contributed by atoms with Crippen LogP contribution in [0.2, 0.25) is 0 Å². The molecule has 4 aliphatic rings. The Morgan fingerprint density at radius 2 is 2.07 bits per heavy atom. The molecule has 0 radical (unpaired) electrons. The molecule has 0 bridgehead atoms. The van der Waals surface area contributed by atoms with Crippen molar-refractivity contribution in [1.29, 1.82) is 0 Å². The van der Waals surface area contributed by atoms with Crippen molar-refractivity contribution in [2.24, 2.45) is 23.7 Å². The lowest BCUT2D eigenvalue weighted by atomic mass is 9.74. The number of ether oxygens (including phenoxy) is 3. The quantitative estimate of drug-likeness (QED) is 0.427. The van der Waals surface area contributed by atoms with Gasteiger partial charge in [-0.25, -0.2) is 4.79 Å². The number of hydrogen-bond donors (Lipinski definition) is 2. The molecule has 27 heavy (non-hydrogen) atoms. The van der Waals surface area contributed by atoms with Crippen molar-refractivity contribution in [3.63, 3.8) is 0 Å². The fraction of sp³-hybridized carbons (Fsp3) is 0.800. The molecule has 7 nitrogen and oxygen atoms in total. The molecule has 2 saturated carbocycles. The Kier molecular flexibility index (Phi) is 4.05. The molecular formula is C20H28O7. The minimum absolute atomic E-state index is 0.104. The van der Waals surface area contributed by atoms with Crippen molar-refractivity contribution in [1.82, 2.24) is 0 Å². The molecule has 4 fully saturated rings. The topological polar surface area (TPSA) is 106 Å². The summed E-state index contributed by atoms with van der Waals surface area (Å²) in [6, 6.07) is 0. The van der Waals surface area contributed by atoms with Crippen molar-refractivity contribution >= 4 is 11.9 Å². The summed E-state index contributed by atoms with van der Waals surface area (Å²) in [5.74, 6) is -2.67. The zero-order valence-corrected chi connectivity index (χ0v) is 16.2. The van der Waals surface area contributed by atoms with Gasteiger partial charge in [0.05, 0.1) is 23.5 Å². The van der Waals surface area contributed by atoms with Gasteiger partial charge in [-0.3, -0.25) is 4.79 Å². The molecule has 0 aromatic heterocycles. The molecule has 0 aromatic rings. The van der Waals surface area contributed by atoms with Gasteiger partial charge in [0.15, 0.2) is 0 Å². The minimum Gasteiger partial charge on any atom is -0.461 e. The SMILES string of the molecule is C=C1C(=O)O[C@H]2[C@H]1[C@H](OC(=O)[C@@H](C)CC)C[C@@](C)(O)[C@@H]1[C@H](O)[C@H]3O[C@@]3(C)[C@H]21. The first-order valence-electron chi connectivity index (χ1n) is 9.71. The standard InChI is InChI=1S/C20H28O7/c1-6-8(2)17(22)25-10-7-19(4,24)12-13(20(5)16(27-20)14(12)21)15-11(10)9(3)18(23)26-15/h8,10-16,21,24H,3,6-7H2,1-2,4-5H3/t8-,10+,11+,12-,13-,14-,15-,16+,19+,20-/m0/s1. The molecule has 2 saturated heterocycles. The molecular weight excluding hydrogens is 352 g/mol. The number of rotatable bonds is 3. The largest absolute Gasteiger partial charge is 0.461 e. The number of aliphatic hydroxyl groups is 2. The first kappa shape index (κ1) is 18.9. The van der Waals surface area contributed by atoms with Crippen molar-refractivity contribution in [3.05, 3.63) is 12.2 Å². The maximum Gasteiger partial charge on any atom is 0.334 e. The number of carbonyl (C=O) groups is 2. The van der Waals surface area contributed by atoms with Gasteiger partial charge in [-0.05, 0) is 20.3 Å². The highest BCUT2D eigenvalue weighted by molar-refractivity contribution is 5.91. The molecule has 150 valence electrons. The summed E-state index contributed by atoms with van der Waals surface area (Å²) in [4.78, 5) is 24.8. The summed E-state index contributed by atoms with van der Waals surface area (Å²) in [5, 5.41) is 22.0. The molecule has 0 unspecified atom stereocenters. The monoisotopic (exact) mass is 380 g/mol. The van der Waals surface area contributed by atoms with Crippen LogP contribution in [0.1, 0.15) is 40.5 Å². The third-order valence-corrected chi connectivity index (χ3v) is 7.25. The smallest absolute Gasteiger partial charge is 0.334 e. The van der Waals surface area contributed by atoms with Gasteiger partial charge in [-0.2, -0.15) is 0 Å². The second-order valence-corrected chi connectivity index (χ2v) is 9.03. The number of esters is 2. The third kappa shape index (κ3) is 2.51. The van der Waals surface area contributed by atoms with E-state index in [1.807, 2.05) is 13.8 Å². The average Bonchev–Trinajstić information content (AvgIpc) is 3.14. The van der Waals surface area contributed by atoms with E-state index in [1.165, 1.54) is 0 Å². The average molecular weight is 380 g/mol. The van der Waals surface area contributed by atoms with Crippen molar-refractivity contribution in [2.75, 3.05) is 0 Å². The zero-order chi connectivity index (χ0) is 19.9. The number of aliphatic hydroxyl groups excluding tert-OH is 1. The Bertz CT molecular complexity index is 700. The lowest BCUT2D eigenvalue weighted by molar-refractivity contribution is -0.160. The van der Waals surface area contributed by atoms with Crippen LogP contribution >= 0.6 is 0 Å². The molecule has 0 aromatic carbocycles. The van der Waals surface area contributed by atoms with Gasteiger partial charge in [0.2, 0.25) is 0 Å². The second kappa shape index (κ2) is 5.78. The Balaban J connectivity index is 1.74. The molecule has 2 aliphatic carbocycles. The lowest BCUT2D eigenvalue weighted by Gasteiger charge is -2.38.